The number of aromatic nitrogens is 4. The van der Waals surface area contributed by atoms with Crippen molar-refractivity contribution in [2.75, 3.05) is 37.6 Å². The highest BCUT2D eigenvalue weighted by atomic mass is 16.2. The van der Waals surface area contributed by atoms with E-state index in [1.54, 1.807) is 11.0 Å². The molecule has 3 rings (SSSR count). The standard InChI is InChI=1S/C17H27N7O/c1-4-5-13(2)21-15(25)11-23-6-8-24(9-7-23)17-14-10-20-22(3)16(14)18-12-19-17/h10,12-13H,4-9,11H2,1-3H3,(H,21,25). The number of anilines is 1. The van der Waals surface area contributed by atoms with E-state index in [0.717, 1.165) is 55.9 Å². The Balaban J connectivity index is 1.56. The SMILES string of the molecule is CCCC(C)NC(=O)CN1CCN(c2ncnc3c2cnn3C)CC1. The van der Waals surface area contributed by atoms with Gasteiger partial charge in [-0.1, -0.05) is 13.3 Å². The molecule has 1 atom stereocenters. The summed E-state index contributed by atoms with van der Waals surface area (Å²) >= 11 is 0. The zero-order valence-corrected chi connectivity index (χ0v) is 15.3. The number of hydrogen-bond acceptors (Lipinski definition) is 6. The van der Waals surface area contributed by atoms with E-state index in [4.69, 9.17) is 0 Å². The van der Waals surface area contributed by atoms with Crippen molar-refractivity contribution >= 4 is 22.8 Å². The van der Waals surface area contributed by atoms with E-state index >= 15 is 0 Å². The Kier molecular flexibility index (Phi) is 5.47. The van der Waals surface area contributed by atoms with Gasteiger partial charge in [0.05, 0.1) is 18.1 Å². The second kappa shape index (κ2) is 7.77. The Labute approximate surface area is 148 Å². The molecular formula is C17H27N7O. The number of rotatable bonds is 6. The molecule has 3 heterocycles. The second-order valence-corrected chi connectivity index (χ2v) is 6.72. The molecule has 8 nitrogen and oxygen atoms in total. The lowest BCUT2D eigenvalue weighted by molar-refractivity contribution is -0.122. The smallest absolute Gasteiger partial charge is 0.234 e. The van der Waals surface area contributed by atoms with E-state index in [1.807, 2.05) is 13.2 Å². The fourth-order valence-corrected chi connectivity index (χ4v) is 3.35. The highest BCUT2D eigenvalue weighted by Gasteiger charge is 2.22. The number of nitrogens with zero attached hydrogens (tertiary/aromatic N) is 6. The number of aryl methyl sites for hydroxylation is 1. The number of carbonyl (C=O) groups excluding carboxylic acids is 1. The first-order chi connectivity index (χ1) is 12.1. The topological polar surface area (TPSA) is 79.2 Å². The van der Waals surface area contributed by atoms with Gasteiger partial charge in [-0.15, -0.1) is 0 Å². The van der Waals surface area contributed by atoms with Crippen molar-refractivity contribution in [1.29, 1.82) is 0 Å². The summed E-state index contributed by atoms with van der Waals surface area (Å²) in [5.41, 5.74) is 0.844. The summed E-state index contributed by atoms with van der Waals surface area (Å²) in [7, 11) is 1.88. The minimum Gasteiger partial charge on any atom is -0.353 e. The van der Waals surface area contributed by atoms with Crippen LogP contribution in [0, 0.1) is 0 Å². The number of nitrogens with one attached hydrogen (secondary N) is 1. The van der Waals surface area contributed by atoms with Crippen molar-refractivity contribution < 1.29 is 4.79 Å². The number of fused-ring (bicyclic) bond motifs is 1. The van der Waals surface area contributed by atoms with E-state index in [1.165, 1.54) is 0 Å². The largest absolute Gasteiger partial charge is 0.353 e. The van der Waals surface area contributed by atoms with Gasteiger partial charge in [0.1, 0.15) is 12.1 Å². The third kappa shape index (κ3) is 4.07. The summed E-state index contributed by atoms with van der Waals surface area (Å²) in [6, 6.07) is 0.249. The Morgan fingerprint density at radius 1 is 1.28 bits per heavy atom. The van der Waals surface area contributed by atoms with Crippen LogP contribution in [0.3, 0.4) is 0 Å². The summed E-state index contributed by atoms with van der Waals surface area (Å²) in [5, 5.41) is 8.32. The monoisotopic (exact) mass is 345 g/mol. The number of carbonyl (C=O) groups is 1. The van der Waals surface area contributed by atoms with Crippen LogP contribution in [0.25, 0.3) is 11.0 Å². The van der Waals surface area contributed by atoms with Gasteiger partial charge < -0.3 is 10.2 Å². The Hall–Kier alpha value is -2.22. The maximum atomic E-state index is 12.1. The summed E-state index contributed by atoms with van der Waals surface area (Å²) in [6.45, 7) is 8.05. The fourth-order valence-electron chi connectivity index (χ4n) is 3.35. The van der Waals surface area contributed by atoms with Crippen LogP contribution in [0.2, 0.25) is 0 Å². The maximum absolute atomic E-state index is 12.1. The number of amides is 1. The van der Waals surface area contributed by atoms with E-state index in [0.29, 0.717) is 6.54 Å². The zero-order chi connectivity index (χ0) is 17.8. The summed E-state index contributed by atoms with van der Waals surface area (Å²) in [4.78, 5) is 25.3. The molecule has 2 aromatic heterocycles. The molecule has 25 heavy (non-hydrogen) atoms. The van der Waals surface area contributed by atoms with Crippen molar-refractivity contribution in [3.8, 4) is 0 Å². The van der Waals surface area contributed by atoms with E-state index in [9.17, 15) is 4.79 Å². The van der Waals surface area contributed by atoms with E-state index in [2.05, 4.69) is 44.0 Å². The third-order valence-corrected chi connectivity index (χ3v) is 4.68. The van der Waals surface area contributed by atoms with Crippen LogP contribution >= 0.6 is 0 Å². The molecule has 1 aliphatic rings. The average Bonchev–Trinajstić information content (AvgIpc) is 2.97. The number of piperazine rings is 1. The van der Waals surface area contributed by atoms with E-state index < -0.39 is 0 Å². The van der Waals surface area contributed by atoms with Crippen LogP contribution in [-0.2, 0) is 11.8 Å². The van der Waals surface area contributed by atoms with Gasteiger partial charge in [-0.3, -0.25) is 14.4 Å². The molecule has 0 radical (unpaired) electrons. The minimum absolute atomic E-state index is 0.117. The van der Waals surface area contributed by atoms with Crippen molar-refractivity contribution in [2.45, 2.75) is 32.7 Å². The van der Waals surface area contributed by atoms with Gasteiger partial charge in [0.2, 0.25) is 5.91 Å². The van der Waals surface area contributed by atoms with E-state index in [-0.39, 0.29) is 11.9 Å². The molecule has 1 N–H and O–H groups in total. The van der Waals surface area contributed by atoms with Crippen LogP contribution < -0.4 is 10.2 Å². The Bertz CT molecular complexity index is 721. The molecule has 0 aromatic carbocycles. The lowest BCUT2D eigenvalue weighted by atomic mass is 10.2. The number of hydrogen-bond donors (Lipinski definition) is 1. The zero-order valence-electron chi connectivity index (χ0n) is 15.3. The van der Waals surface area contributed by atoms with Gasteiger partial charge in [0.25, 0.3) is 0 Å². The van der Waals surface area contributed by atoms with Crippen molar-refractivity contribution in [3.63, 3.8) is 0 Å². The first kappa shape index (κ1) is 17.6. The van der Waals surface area contributed by atoms with Gasteiger partial charge in [0, 0.05) is 39.3 Å². The molecule has 0 spiro atoms. The van der Waals surface area contributed by atoms with Gasteiger partial charge in [-0.05, 0) is 13.3 Å². The predicted molar refractivity (Wildman–Crippen MR) is 97.5 cm³/mol. The van der Waals surface area contributed by atoms with Gasteiger partial charge in [0.15, 0.2) is 5.65 Å². The fraction of sp³-hybridized carbons (Fsp3) is 0.647. The first-order valence-electron chi connectivity index (χ1n) is 8.98. The highest BCUT2D eigenvalue weighted by molar-refractivity contribution is 5.86. The first-order valence-corrected chi connectivity index (χ1v) is 8.98. The van der Waals surface area contributed by atoms with Crippen LogP contribution in [-0.4, -0.2) is 69.3 Å². The van der Waals surface area contributed by atoms with Crippen molar-refractivity contribution in [3.05, 3.63) is 12.5 Å². The second-order valence-electron chi connectivity index (χ2n) is 6.72. The molecule has 0 bridgehead atoms. The molecule has 8 heteroatoms. The molecular weight excluding hydrogens is 318 g/mol. The minimum atomic E-state index is 0.117. The van der Waals surface area contributed by atoms with Gasteiger partial charge in [-0.2, -0.15) is 5.10 Å². The Morgan fingerprint density at radius 3 is 2.76 bits per heavy atom. The quantitative estimate of drug-likeness (QED) is 0.834. The summed E-state index contributed by atoms with van der Waals surface area (Å²) < 4.78 is 1.76. The third-order valence-electron chi connectivity index (χ3n) is 4.68. The van der Waals surface area contributed by atoms with Crippen LogP contribution in [0.1, 0.15) is 26.7 Å². The van der Waals surface area contributed by atoms with Crippen LogP contribution in [0.4, 0.5) is 5.82 Å². The van der Waals surface area contributed by atoms with Crippen molar-refractivity contribution in [1.82, 2.24) is 30.0 Å². The normalized spacial score (nSPS) is 17.0. The average molecular weight is 345 g/mol. The van der Waals surface area contributed by atoms with Gasteiger partial charge in [-0.25, -0.2) is 9.97 Å². The summed E-state index contributed by atoms with van der Waals surface area (Å²) in [5.74, 6) is 1.05. The summed E-state index contributed by atoms with van der Waals surface area (Å²) in [6.07, 6.45) is 5.52. The maximum Gasteiger partial charge on any atom is 0.234 e. The van der Waals surface area contributed by atoms with Gasteiger partial charge >= 0.3 is 0 Å². The molecule has 1 aliphatic heterocycles. The molecule has 0 aliphatic carbocycles. The molecule has 1 amide bonds. The highest BCUT2D eigenvalue weighted by Crippen LogP contribution is 2.23. The molecule has 1 unspecified atom stereocenters. The molecule has 136 valence electrons. The lowest BCUT2D eigenvalue weighted by Crippen LogP contribution is -2.50. The van der Waals surface area contributed by atoms with Crippen molar-refractivity contribution in [2.24, 2.45) is 7.05 Å². The predicted octanol–water partition coefficient (Wildman–Crippen LogP) is 0.790. The Morgan fingerprint density at radius 2 is 2.04 bits per heavy atom. The molecule has 1 saturated heterocycles. The molecule has 1 fully saturated rings. The van der Waals surface area contributed by atoms with Crippen LogP contribution in [0.15, 0.2) is 12.5 Å². The molecule has 0 saturated carbocycles. The molecule has 2 aromatic rings. The lowest BCUT2D eigenvalue weighted by Gasteiger charge is -2.35. The van der Waals surface area contributed by atoms with Crippen LogP contribution in [0.5, 0.6) is 0 Å².